The summed E-state index contributed by atoms with van der Waals surface area (Å²) in [4.78, 5) is 12.5. The molecule has 0 aliphatic carbocycles. The van der Waals surface area contributed by atoms with E-state index in [2.05, 4.69) is 36.4 Å². The van der Waals surface area contributed by atoms with E-state index in [0.717, 1.165) is 0 Å². The lowest BCUT2D eigenvalue weighted by Gasteiger charge is -2.12. The Labute approximate surface area is 210 Å². The predicted octanol–water partition coefficient (Wildman–Crippen LogP) is 3.70. The fraction of sp³-hybridized carbons (Fsp3) is 0.190. The van der Waals surface area contributed by atoms with Crippen LogP contribution in [0.1, 0.15) is 16.1 Å². The van der Waals surface area contributed by atoms with Gasteiger partial charge in [0.1, 0.15) is 18.1 Å². The minimum atomic E-state index is -3.84. The minimum absolute atomic E-state index is 0.0197. The van der Waals surface area contributed by atoms with Gasteiger partial charge in [0.2, 0.25) is 0 Å². The zero-order valence-electron chi connectivity index (χ0n) is 18.1. The second-order valence-electron chi connectivity index (χ2n) is 6.85. The van der Waals surface area contributed by atoms with Crippen molar-refractivity contribution in [2.75, 3.05) is 30.4 Å². The zero-order chi connectivity index (χ0) is 24.7. The molecule has 0 aliphatic rings. The summed E-state index contributed by atoms with van der Waals surface area (Å²) in [5, 5.41) is 9.08. The standard InChI is InChI=1S/C21H21BrN4O6S2/c1-13-11-19(25-32-13)26-34(28,29)16-6-4-15(5-7-16)23-21(33)24-20(27)14-3-8-18(17(22)12-14)31-10-9-30-2/h3-8,11-12H,9-10H2,1-2H3,(H,25,26)(H2,23,24,27,33). The minimum Gasteiger partial charge on any atom is -0.490 e. The number of carbonyl (C=O) groups is 1. The summed E-state index contributed by atoms with van der Waals surface area (Å²) in [6.45, 7) is 2.48. The van der Waals surface area contributed by atoms with Crippen molar-refractivity contribution < 1.29 is 27.2 Å². The first-order valence-electron chi connectivity index (χ1n) is 9.78. The van der Waals surface area contributed by atoms with Crippen LogP contribution in [0.15, 0.2) is 62.4 Å². The normalized spacial score (nSPS) is 11.0. The molecule has 3 aromatic rings. The quantitative estimate of drug-likeness (QED) is 0.261. The van der Waals surface area contributed by atoms with E-state index in [9.17, 15) is 13.2 Å². The highest BCUT2D eigenvalue weighted by atomic mass is 79.9. The molecule has 13 heteroatoms. The van der Waals surface area contributed by atoms with Gasteiger partial charge in [-0.15, -0.1) is 0 Å². The van der Waals surface area contributed by atoms with Crippen LogP contribution < -0.4 is 20.1 Å². The van der Waals surface area contributed by atoms with E-state index in [1.165, 1.54) is 30.3 Å². The van der Waals surface area contributed by atoms with Crippen LogP contribution in [0.5, 0.6) is 5.75 Å². The molecular formula is C21H21BrN4O6S2. The number of ether oxygens (including phenoxy) is 2. The van der Waals surface area contributed by atoms with Gasteiger partial charge in [-0.25, -0.2) is 8.42 Å². The molecule has 0 saturated heterocycles. The second-order valence-corrected chi connectivity index (χ2v) is 9.79. The van der Waals surface area contributed by atoms with Gasteiger partial charge in [-0.05, 0) is 77.5 Å². The molecule has 0 radical (unpaired) electrons. The van der Waals surface area contributed by atoms with Crippen molar-refractivity contribution >= 4 is 60.7 Å². The molecule has 180 valence electrons. The van der Waals surface area contributed by atoms with Gasteiger partial charge in [-0.2, -0.15) is 0 Å². The molecule has 0 spiro atoms. The van der Waals surface area contributed by atoms with Gasteiger partial charge in [0, 0.05) is 24.4 Å². The van der Waals surface area contributed by atoms with Crippen LogP contribution >= 0.6 is 28.1 Å². The summed E-state index contributed by atoms with van der Waals surface area (Å²) >= 11 is 8.57. The molecule has 3 rings (SSSR count). The van der Waals surface area contributed by atoms with Crippen LogP contribution in [0.4, 0.5) is 11.5 Å². The number of anilines is 2. The fourth-order valence-electron chi connectivity index (χ4n) is 2.66. The molecule has 34 heavy (non-hydrogen) atoms. The average molecular weight is 569 g/mol. The van der Waals surface area contributed by atoms with E-state index in [1.807, 2.05) is 0 Å². The van der Waals surface area contributed by atoms with Crippen molar-refractivity contribution in [1.29, 1.82) is 0 Å². The van der Waals surface area contributed by atoms with Crippen molar-refractivity contribution in [2.45, 2.75) is 11.8 Å². The van der Waals surface area contributed by atoms with Crippen molar-refractivity contribution in [2.24, 2.45) is 0 Å². The third-order valence-corrected chi connectivity index (χ3v) is 6.45. The largest absolute Gasteiger partial charge is 0.490 e. The van der Waals surface area contributed by atoms with Crippen molar-refractivity contribution in [3.8, 4) is 5.75 Å². The van der Waals surface area contributed by atoms with Crippen LogP contribution in [-0.4, -0.2) is 44.9 Å². The van der Waals surface area contributed by atoms with Crippen molar-refractivity contribution in [1.82, 2.24) is 10.5 Å². The maximum Gasteiger partial charge on any atom is 0.263 e. The SMILES string of the molecule is COCCOc1ccc(C(=O)NC(=S)Nc2ccc(S(=O)(=O)Nc3cc(C)on3)cc2)cc1Br. The molecule has 1 aromatic heterocycles. The smallest absolute Gasteiger partial charge is 0.263 e. The van der Waals surface area contributed by atoms with E-state index < -0.39 is 15.9 Å². The number of benzene rings is 2. The second kappa shape index (κ2) is 11.4. The number of hydrogen-bond donors (Lipinski definition) is 3. The summed E-state index contributed by atoms with van der Waals surface area (Å²) in [6.07, 6.45) is 0. The molecule has 10 nitrogen and oxygen atoms in total. The Bertz CT molecular complexity index is 1280. The van der Waals surface area contributed by atoms with Gasteiger partial charge in [-0.1, -0.05) is 5.16 Å². The van der Waals surface area contributed by atoms with Gasteiger partial charge < -0.3 is 19.3 Å². The number of aryl methyl sites for hydroxylation is 1. The number of halogens is 1. The van der Waals surface area contributed by atoms with Gasteiger partial charge in [0.15, 0.2) is 10.9 Å². The lowest BCUT2D eigenvalue weighted by atomic mass is 10.2. The summed E-state index contributed by atoms with van der Waals surface area (Å²) < 4.78 is 43.2. The number of thiocarbonyl (C=S) groups is 1. The highest BCUT2D eigenvalue weighted by molar-refractivity contribution is 9.10. The number of nitrogens with zero attached hydrogens (tertiary/aromatic N) is 1. The Morgan fingerprint density at radius 1 is 1.15 bits per heavy atom. The van der Waals surface area contributed by atoms with E-state index in [4.69, 9.17) is 26.2 Å². The summed E-state index contributed by atoms with van der Waals surface area (Å²) in [7, 11) is -2.26. The maximum atomic E-state index is 12.5. The number of methoxy groups -OCH3 is 1. The van der Waals surface area contributed by atoms with Crippen LogP contribution in [0.3, 0.4) is 0 Å². The van der Waals surface area contributed by atoms with Crippen LogP contribution in [-0.2, 0) is 14.8 Å². The first kappa shape index (κ1) is 25.6. The van der Waals surface area contributed by atoms with Crippen LogP contribution in [0.2, 0.25) is 0 Å². The molecule has 1 amide bonds. The molecule has 0 unspecified atom stereocenters. The fourth-order valence-corrected chi connectivity index (χ4v) is 4.35. The molecule has 1 heterocycles. The third-order valence-electron chi connectivity index (χ3n) is 4.26. The van der Waals surface area contributed by atoms with Gasteiger partial charge in [-0.3, -0.25) is 14.8 Å². The number of amides is 1. The zero-order valence-corrected chi connectivity index (χ0v) is 21.3. The first-order valence-corrected chi connectivity index (χ1v) is 12.5. The first-order chi connectivity index (χ1) is 16.2. The summed E-state index contributed by atoms with van der Waals surface area (Å²) in [6, 6.07) is 12.2. The lowest BCUT2D eigenvalue weighted by Crippen LogP contribution is -2.34. The summed E-state index contributed by atoms with van der Waals surface area (Å²) in [5.41, 5.74) is 0.857. The van der Waals surface area contributed by atoms with Crippen molar-refractivity contribution in [3.63, 3.8) is 0 Å². The number of rotatable bonds is 9. The van der Waals surface area contributed by atoms with Gasteiger partial charge >= 0.3 is 0 Å². The molecule has 0 fully saturated rings. The monoisotopic (exact) mass is 568 g/mol. The Balaban J connectivity index is 1.57. The molecule has 0 bridgehead atoms. The predicted molar refractivity (Wildman–Crippen MR) is 134 cm³/mol. The third kappa shape index (κ3) is 7.00. The molecular weight excluding hydrogens is 548 g/mol. The number of aromatic nitrogens is 1. The highest BCUT2D eigenvalue weighted by Gasteiger charge is 2.16. The molecule has 2 aromatic carbocycles. The summed E-state index contributed by atoms with van der Waals surface area (Å²) in [5.74, 6) is 0.724. The number of carbonyl (C=O) groups excluding carboxylic acids is 1. The van der Waals surface area contributed by atoms with Gasteiger partial charge in [0.05, 0.1) is 16.0 Å². The maximum absolute atomic E-state index is 12.5. The van der Waals surface area contributed by atoms with E-state index >= 15 is 0 Å². The molecule has 0 aliphatic heterocycles. The van der Waals surface area contributed by atoms with Gasteiger partial charge in [0.25, 0.3) is 15.9 Å². The number of nitrogens with one attached hydrogen (secondary N) is 3. The number of hydrogen-bond acceptors (Lipinski definition) is 8. The van der Waals surface area contributed by atoms with Crippen molar-refractivity contribution in [3.05, 3.63) is 64.3 Å². The molecule has 0 saturated carbocycles. The molecule has 3 N–H and O–H groups in total. The number of sulfonamides is 1. The van der Waals surface area contributed by atoms with E-state index in [1.54, 1.807) is 32.2 Å². The Hall–Kier alpha value is -3.00. The highest BCUT2D eigenvalue weighted by Crippen LogP contribution is 2.26. The lowest BCUT2D eigenvalue weighted by molar-refractivity contribution is 0.0977. The van der Waals surface area contributed by atoms with E-state index in [-0.39, 0.29) is 15.8 Å². The van der Waals surface area contributed by atoms with Crippen LogP contribution in [0, 0.1) is 6.92 Å². The molecule has 0 atom stereocenters. The Kier molecular flexibility index (Phi) is 8.61. The Morgan fingerprint density at radius 2 is 1.88 bits per heavy atom. The topological polar surface area (TPSA) is 132 Å². The Morgan fingerprint density at radius 3 is 2.50 bits per heavy atom. The van der Waals surface area contributed by atoms with Crippen LogP contribution in [0.25, 0.3) is 0 Å². The van der Waals surface area contributed by atoms with E-state index in [0.29, 0.717) is 40.4 Å². The average Bonchev–Trinajstić information content (AvgIpc) is 3.19.